The number of hydrogen-bond donors (Lipinski definition) is 2. The minimum absolute atomic E-state index is 0.128. The van der Waals surface area contributed by atoms with Crippen LogP contribution in [0.25, 0.3) is 0 Å². The summed E-state index contributed by atoms with van der Waals surface area (Å²) in [5.41, 5.74) is -0.343. The average molecular weight is 295 g/mol. The number of halogens is 2. The third-order valence-electron chi connectivity index (χ3n) is 3.88. The summed E-state index contributed by atoms with van der Waals surface area (Å²) in [5, 5.41) is 5.63. The summed E-state index contributed by atoms with van der Waals surface area (Å²) < 4.78 is 27.5. The molecular formula is C14H15F2N3O2. The smallest absolute Gasteiger partial charge is 0.249 e. The summed E-state index contributed by atoms with van der Waals surface area (Å²) >= 11 is 0. The molecule has 2 aliphatic heterocycles. The van der Waals surface area contributed by atoms with E-state index in [1.165, 1.54) is 6.07 Å². The van der Waals surface area contributed by atoms with Gasteiger partial charge in [-0.05, 0) is 18.6 Å². The summed E-state index contributed by atoms with van der Waals surface area (Å²) in [7, 11) is 0. The van der Waals surface area contributed by atoms with Gasteiger partial charge < -0.3 is 15.5 Å². The summed E-state index contributed by atoms with van der Waals surface area (Å²) in [6.07, 6.45) is 0.346. The molecule has 2 heterocycles. The van der Waals surface area contributed by atoms with Gasteiger partial charge in [-0.25, -0.2) is 8.78 Å². The Morgan fingerprint density at radius 1 is 1.29 bits per heavy atom. The van der Waals surface area contributed by atoms with Crippen molar-refractivity contribution in [2.75, 3.05) is 24.5 Å². The Balaban J connectivity index is 1.72. The first-order chi connectivity index (χ1) is 10.1. The number of nitrogens with one attached hydrogen (secondary N) is 2. The molecule has 0 spiro atoms. The highest BCUT2D eigenvalue weighted by molar-refractivity contribution is 6.01. The Morgan fingerprint density at radius 3 is 2.52 bits per heavy atom. The highest BCUT2D eigenvalue weighted by atomic mass is 19.1. The lowest BCUT2D eigenvalue weighted by Crippen LogP contribution is -2.54. The minimum Gasteiger partial charge on any atom is -0.344 e. The topological polar surface area (TPSA) is 61.4 Å². The molecule has 1 unspecified atom stereocenters. The molecule has 0 saturated carbocycles. The molecule has 0 aliphatic carbocycles. The van der Waals surface area contributed by atoms with Crippen LogP contribution < -0.4 is 15.5 Å². The molecule has 1 aromatic rings. The molecule has 2 N–H and O–H groups in total. The van der Waals surface area contributed by atoms with E-state index in [1.54, 1.807) is 0 Å². The van der Waals surface area contributed by atoms with Crippen molar-refractivity contribution in [1.29, 1.82) is 0 Å². The molecule has 2 amide bonds. The number of para-hydroxylation sites is 1. The van der Waals surface area contributed by atoms with Crippen molar-refractivity contribution in [3.8, 4) is 0 Å². The number of anilines is 1. The standard InChI is InChI=1S/C14H15F2N3O2/c15-9-2-1-3-10(16)12(9)19-5-4-11(14(19)21)18-13(20)8-6-17-7-8/h1-3,8,11,17H,4-7H2,(H,18,20). The highest BCUT2D eigenvalue weighted by Gasteiger charge is 2.37. The monoisotopic (exact) mass is 295 g/mol. The molecule has 7 heteroatoms. The lowest BCUT2D eigenvalue weighted by molar-refractivity contribution is -0.130. The van der Waals surface area contributed by atoms with Gasteiger partial charge in [0.25, 0.3) is 0 Å². The summed E-state index contributed by atoms with van der Waals surface area (Å²) in [5.74, 6) is -2.35. The van der Waals surface area contributed by atoms with E-state index in [1.807, 2.05) is 0 Å². The summed E-state index contributed by atoms with van der Waals surface area (Å²) in [6.45, 7) is 1.38. The van der Waals surface area contributed by atoms with Crippen LogP contribution in [0.3, 0.4) is 0 Å². The largest absolute Gasteiger partial charge is 0.344 e. The Kier molecular flexibility index (Phi) is 3.59. The third kappa shape index (κ3) is 2.49. The van der Waals surface area contributed by atoms with E-state index in [2.05, 4.69) is 10.6 Å². The minimum atomic E-state index is -0.779. The van der Waals surface area contributed by atoms with Gasteiger partial charge in [0.15, 0.2) is 0 Å². The lowest BCUT2D eigenvalue weighted by Gasteiger charge is -2.27. The van der Waals surface area contributed by atoms with Gasteiger partial charge in [0.1, 0.15) is 23.4 Å². The van der Waals surface area contributed by atoms with Crippen LogP contribution in [0.2, 0.25) is 0 Å². The molecule has 21 heavy (non-hydrogen) atoms. The van der Waals surface area contributed by atoms with Crippen molar-refractivity contribution in [1.82, 2.24) is 10.6 Å². The van der Waals surface area contributed by atoms with Crippen molar-refractivity contribution >= 4 is 17.5 Å². The molecule has 1 atom stereocenters. The number of hydrogen-bond acceptors (Lipinski definition) is 3. The van der Waals surface area contributed by atoms with E-state index in [0.717, 1.165) is 17.0 Å². The Labute approximate surface area is 120 Å². The second-order valence-electron chi connectivity index (χ2n) is 5.27. The Bertz CT molecular complexity index is 569. The fourth-order valence-corrected chi connectivity index (χ4v) is 2.55. The van der Waals surface area contributed by atoms with Crippen molar-refractivity contribution in [3.63, 3.8) is 0 Å². The lowest BCUT2D eigenvalue weighted by atomic mass is 10.0. The van der Waals surface area contributed by atoms with Crippen LogP contribution in [0.5, 0.6) is 0 Å². The first kappa shape index (κ1) is 13.9. The highest BCUT2D eigenvalue weighted by Crippen LogP contribution is 2.27. The van der Waals surface area contributed by atoms with Gasteiger partial charge in [-0.3, -0.25) is 9.59 Å². The van der Waals surface area contributed by atoms with Gasteiger partial charge in [-0.15, -0.1) is 0 Å². The van der Waals surface area contributed by atoms with Crippen molar-refractivity contribution in [3.05, 3.63) is 29.8 Å². The zero-order valence-corrected chi connectivity index (χ0v) is 11.2. The fourth-order valence-electron chi connectivity index (χ4n) is 2.55. The van der Waals surface area contributed by atoms with E-state index in [9.17, 15) is 18.4 Å². The van der Waals surface area contributed by atoms with Crippen LogP contribution in [0.15, 0.2) is 18.2 Å². The number of rotatable bonds is 3. The zero-order chi connectivity index (χ0) is 15.0. The van der Waals surface area contributed by atoms with Gasteiger partial charge in [0.05, 0.1) is 5.92 Å². The fraction of sp³-hybridized carbons (Fsp3) is 0.429. The van der Waals surface area contributed by atoms with Crippen molar-refractivity contribution in [2.24, 2.45) is 5.92 Å². The van der Waals surface area contributed by atoms with E-state index >= 15 is 0 Å². The molecule has 2 aliphatic rings. The molecule has 1 aromatic carbocycles. The van der Waals surface area contributed by atoms with Crippen LogP contribution in [-0.2, 0) is 9.59 Å². The van der Waals surface area contributed by atoms with E-state index < -0.39 is 23.6 Å². The molecule has 3 rings (SSSR count). The van der Waals surface area contributed by atoms with Gasteiger partial charge in [0.2, 0.25) is 11.8 Å². The Morgan fingerprint density at radius 2 is 1.95 bits per heavy atom. The maximum atomic E-state index is 13.7. The maximum Gasteiger partial charge on any atom is 0.249 e. The quantitative estimate of drug-likeness (QED) is 0.849. The van der Waals surface area contributed by atoms with Crippen LogP contribution >= 0.6 is 0 Å². The van der Waals surface area contributed by atoms with Crippen molar-refractivity contribution < 1.29 is 18.4 Å². The van der Waals surface area contributed by atoms with Gasteiger partial charge in [-0.2, -0.15) is 0 Å². The zero-order valence-electron chi connectivity index (χ0n) is 11.2. The molecule has 112 valence electrons. The van der Waals surface area contributed by atoms with E-state index in [-0.39, 0.29) is 24.1 Å². The SMILES string of the molecule is O=C(NC1CCN(c2c(F)cccc2F)C1=O)C1CNC1. The molecule has 2 fully saturated rings. The number of carbonyl (C=O) groups excluding carboxylic acids is 2. The summed E-state index contributed by atoms with van der Waals surface area (Å²) in [6, 6.07) is 2.75. The first-order valence-electron chi connectivity index (χ1n) is 6.84. The van der Waals surface area contributed by atoms with Crippen molar-refractivity contribution in [2.45, 2.75) is 12.5 Å². The second-order valence-corrected chi connectivity index (χ2v) is 5.27. The normalized spacial score (nSPS) is 22.3. The van der Waals surface area contributed by atoms with E-state index in [0.29, 0.717) is 19.5 Å². The third-order valence-corrected chi connectivity index (χ3v) is 3.88. The number of amides is 2. The van der Waals surface area contributed by atoms with Crippen LogP contribution in [-0.4, -0.2) is 37.5 Å². The molecule has 0 aromatic heterocycles. The van der Waals surface area contributed by atoms with Gasteiger partial charge in [-0.1, -0.05) is 6.07 Å². The second kappa shape index (κ2) is 5.40. The number of benzene rings is 1. The predicted octanol–water partition coefficient (Wildman–Crippen LogP) is 0.406. The number of nitrogens with zero attached hydrogens (tertiary/aromatic N) is 1. The molecular weight excluding hydrogens is 280 g/mol. The van der Waals surface area contributed by atoms with E-state index in [4.69, 9.17) is 0 Å². The predicted molar refractivity (Wildman–Crippen MR) is 71.6 cm³/mol. The Hall–Kier alpha value is -2.02. The molecule has 5 nitrogen and oxygen atoms in total. The van der Waals surface area contributed by atoms with Crippen LogP contribution in [0.4, 0.5) is 14.5 Å². The molecule has 2 saturated heterocycles. The van der Waals surface area contributed by atoms with Crippen LogP contribution in [0.1, 0.15) is 6.42 Å². The first-order valence-corrected chi connectivity index (χ1v) is 6.84. The van der Waals surface area contributed by atoms with Gasteiger partial charge in [0, 0.05) is 19.6 Å². The van der Waals surface area contributed by atoms with Crippen LogP contribution in [0, 0.1) is 17.6 Å². The maximum absolute atomic E-state index is 13.7. The summed E-state index contributed by atoms with van der Waals surface area (Å²) in [4.78, 5) is 25.1. The number of carbonyl (C=O) groups is 2. The average Bonchev–Trinajstić information content (AvgIpc) is 2.69. The molecule has 0 radical (unpaired) electrons. The molecule has 0 bridgehead atoms. The van der Waals surface area contributed by atoms with Gasteiger partial charge >= 0.3 is 0 Å².